The van der Waals surface area contributed by atoms with Crippen LogP contribution in [0.1, 0.15) is 50.8 Å². The Kier molecular flexibility index (Phi) is 8.47. The van der Waals surface area contributed by atoms with Gasteiger partial charge in [-0.05, 0) is 62.9 Å². The number of carboxylic acids is 1. The van der Waals surface area contributed by atoms with E-state index < -0.39 is 35.5 Å². The van der Waals surface area contributed by atoms with Gasteiger partial charge in [-0.25, -0.2) is 14.4 Å². The van der Waals surface area contributed by atoms with Gasteiger partial charge < -0.3 is 25.4 Å². The molecule has 1 saturated heterocycles. The lowest BCUT2D eigenvalue weighted by Gasteiger charge is -2.31. The highest BCUT2D eigenvalue weighted by Crippen LogP contribution is 2.37. The number of likely N-dealkylation sites (tertiary alicyclic amines) is 1. The SMILES string of the molecule is CC(C)(C)OC(=O)C1CCC(c2ccccc2)N1C(=O)CNC(=O)Nc1cccc(/C=C/C(=O)O)c1. The van der Waals surface area contributed by atoms with E-state index in [2.05, 4.69) is 10.6 Å². The molecular weight excluding hydrogens is 462 g/mol. The summed E-state index contributed by atoms with van der Waals surface area (Å²) in [4.78, 5) is 50.9. The summed E-state index contributed by atoms with van der Waals surface area (Å²) in [5.74, 6) is -1.94. The van der Waals surface area contributed by atoms with Crippen LogP contribution in [0, 0.1) is 0 Å². The number of nitrogens with zero attached hydrogens (tertiary/aromatic N) is 1. The van der Waals surface area contributed by atoms with Crippen molar-refractivity contribution in [1.29, 1.82) is 0 Å². The Balaban J connectivity index is 1.69. The maximum atomic E-state index is 13.3. The van der Waals surface area contributed by atoms with Gasteiger partial charge in [0.15, 0.2) is 0 Å². The van der Waals surface area contributed by atoms with Gasteiger partial charge in [0.2, 0.25) is 5.91 Å². The quantitative estimate of drug-likeness (QED) is 0.396. The Labute approximate surface area is 210 Å². The normalized spacial score (nSPS) is 17.6. The number of carboxylic acid groups (broad SMARTS) is 1. The predicted molar refractivity (Wildman–Crippen MR) is 135 cm³/mol. The van der Waals surface area contributed by atoms with Crippen molar-refractivity contribution in [1.82, 2.24) is 10.2 Å². The maximum absolute atomic E-state index is 13.3. The van der Waals surface area contributed by atoms with Gasteiger partial charge in [-0.2, -0.15) is 0 Å². The Morgan fingerprint density at radius 3 is 2.44 bits per heavy atom. The van der Waals surface area contributed by atoms with Gasteiger partial charge >= 0.3 is 18.0 Å². The number of hydrogen-bond acceptors (Lipinski definition) is 5. The van der Waals surface area contributed by atoms with Crippen molar-refractivity contribution >= 4 is 35.6 Å². The van der Waals surface area contributed by atoms with Crippen LogP contribution in [0.25, 0.3) is 6.08 Å². The molecular formula is C27H31N3O6. The summed E-state index contributed by atoms with van der Waals surface area (Å²) in [5.41, 5.74) is 1.24. The number of carbonyl (C=O) groups excluding carboxylic acids is 3. The van der Waals surface area contributed by atoms with Crippen molar-refractivity contribution in [2.24, 2.45) is 0 Å². The molecule has 9 heteroatoms. The van der Waals surface area contributed by atoms with E-state index in [0.29, 0.717) is 24.1 Å². The van der Waals surface area contributed by atoms with Crippen LogP contribution in [0.5, 0.6) is 0 Å². The molecule has 1 aliphatic rings. The average molecular weight is 494 g/mol. The third-order valence-electron chi connectivity index (χ3n) is 5.50. The monoisotopic (exact) mass is 493 g/mol. The minimum atomic E-state index is -1.08. The van der Waals surface area contributed by atoms with Crippen LogP contribution >= 0.6 is 0 Å². The second-order valence-corrected chi connectivity index (χ2v) is 9.46. The Morgan fingerprint density at radius 2 is 1.78 bits per heavy atom. The predicted octanol–water partition coefficient (Wildman–Crippen LogP) is 3.98. The highest BCUT2D eigenvalue weighted by molar-refractivity contribution is 5.94. The number of urea groups is 1. The van der Waals surface area contributed by atoms with Gasteiger partial charge in [-0.1, -0.05) is 42.5 Å². The number of esters is 1. The first-order chi connectivity index (χ1) is 17.0. The van der Waals surface area contributed by atoms with Crippen molar-refractivity contribution in [2.45, 2.75) is 51.3 Å². The molecule has 3 N–H and O–H groups in total. The summed E-state index contributed by atoms with van der Waals surface area (Å²) >= 11 is 0. The third-order valence-corrected chi connectivity index (χ3v) is 5.50. The summed E-state index contributed by atoms with van der Waals surface area (Å²) in [6.07, 6.45) is 3.46. The molecule has 3 rings (SSSR count). The van der Waals surface area contributed by atoms with Crippen molar-refractivity contribution in [3.8, 4) is 0 Å². The Morgan fingerprint density at radius 1 is 1.06 bits per heavy atom. The second kappa shape index (κ2) is 11.5. The van der Waals surface area contributed by atoms with Gasteiger partial charge in [0.05, 0.1) is 12.6 Å². The first-order valence-corrected chi connectivity index (χ1v) is 11.7. The van der Waals surface area contributed by atoms with Crippen LogP contribution in [-0.2, 0) is 19.1 Å². The topological polar surface area (TPSA) is 125 Å². The zero-order valence-electron chi connectivity index (χ0n) is 20.6. The molecule has 2 unspecified atom stereocenters. The standard InChI is InChI=1S/C27H31N3O6/c1-27(2,3)36-25(34)22-14-13-21(19-9-5-4-6-10-19)30(22)23(31)17-28-26(35)29-20-11-7-8-18(16-20)12-15-24(32)33/h4-12,15-16,21-22H,13-14,17H2,1-3H3,(H,32,33)(H2,28,29,35)/b15-12+. The molecule has 0 bridgehead atoms. The Bertz CT molecular complexity index is 1140. The summed E-state index contributed by atoms with van der Waals surface area (Å²) in [7, 11) is 0. The van der Waals surface area contributed by atoms with Crippen LogP contribution in [-0.4, -0.2) is 52.1 Å². The fourth-order valence-electron chi connectivity index (χ4n) is 4.07. The highest BCUT2D eigenvalue weighted by Gasteiger charge is 2.43. The van der Waals surface area contributed by atoms with E-state index in [4.69, 9.17) is 9.84 Å². The summed E-state index contributed by atoms with van der Waals surface area (Å²) in [6, 6.07) is 14.4. The number of ether oxygens (including phenoxy) is 1. The molecule has 0 spiro atoms. The van der Waals surface area contributed by atoms with E-state index >= 15 is 0 Å². The smallest absolute Gasteiger partial charge is 0.329 e. The van der Waals surface area contributed by atoms with Gasteiger partial charge in [0, 0.05) is 11.8 Å². The first-order valence-electron chi connectivity index (χ1n) is 11.7. The van der Waals surface area contributed by atoms with E-state index in [1.807, 2.05) is 30.3 Å². The lowest BCUT2D eigenvalue weighted by Crippen LogP contribution is -2.48. The number of anilines is 1. The molecule has 2 aromatic rings. The number of carbonyl (C=O) groups is 4. The number of rotatable bonds is 7. The minimum Gasteiger partial charge on any atom is -0.478 e. The fraction of sp³-hybridized carbons (Fsp3) is 0.333. The average Bonchev–Trinajstić information content (AvgIpc) is 3.27. The second-order valence-electron chi connectivity index (χ2n) is 9.46. The van der Waals surface area contributed by atoms with Crippen molar-refractivity contribution < 1.29 is 29.0 Å². The van der Waals surface area contributed by atoms with E-state index in [9.17, 15) is 19.2 Å². The minimum absolute atomic E-state index is 0.307. The van der Waals surface area contributed by atoms with E-state index in [1.165, 1.54) is 11.0 Å². The lowest BCUT2D eigenvalue weighted by molar-refractivity contribution is -0.164. The molecule has 2 atom stereocenters. The van der Waals surface area contributed by atoms with Crippen LogP contribution in [0.4, 0.5) is 10.5 Å². The molecule has 0 radical (unpaired) electrons. The van der Waals surface area contributed by atoms with Crippen LogP contribution in [0.2, 0.25) is 0 Å². The van der Waals surface area contributed by atoms with Crippen molar-refractivity contribution in [2.75, 3.05) is 11.9 Å². The number of hydrogen-bond donors (Lipinski definition) is 3. The number of nitrogens with one attached hydrogen (secondary N) is 2. The highest BCUT2D eigenvalue weighted by atomic mass is 16.6. The summed E-state index contributed by atoms with van der Waals surface area (Å²) in [6.45, 7) is 5.02. The number of aliphatic carboxylic acids is 1. The van der Waals surface area contributed by atoms with Gasteiger partial charge in [-0.15, -0.1) is 0 Å². The van der Waals surface area contributed by atoms with Gasteiger partial charge in [0.25, 0.3) is 0 Å². The number of amides is 3. The fourth-order valence-corrected chi connectivity index (χ4v) is 4.07. The van der Waals surface area contributed by atoms with E-state index in [1.54, 1.807) is 45.0 Å². The largest absolute Gasteiger partial charge is 0.478 e. The molecule has 0 saturated carbocycles. The zero-order chi connectivity index (χ0) is 26.3. The molecule has 1 heterocycles. The molecule has 1 aliphatic heterocycles. The van der Waals surface area contributed by atoms with Crippen LogP contribution in [0.3, 0.4) is 0 Å². The molecule has 0 aliphatic carbocycles. The summed E-state index contributed by atoms with van der Waals surface area (Å²) in [5, 5.41) is 14.0. The first kappa shape index (κ1) is 26.5. The van der Waals surface area contributed by atoms with Gasteiger partial charge in [-0.3, -0.25) is 4.79 Å². The number of benzene rings is 2. The molecule has 1 fully saturated rings. The molecule has 3 amide bonds. The van der Waals surface area contributed by atoms with Crippen molar-refractivity contribution in [3.63, 3.8) is 0 Å². The van der Waals surface area contributed by atoms with Crippen LogP contribution < -0.4 is 10.6 Å². The summed E-state index contributed by atoms with van der Waals surface area (Å²) < 4.78 is 5.56. The van der Waals surface area contributed by atoms with Gasteiger partial charge in [0.1, 0.15) is 11.6 Å². The van der Waals surface area contributed by atoms with E-state index in [0.717, 1.165) is 11.6 Å². The maximum Gasteiger partial charge on any atom is 0.329 e. The van der Waals surface area contributed by atoms with Crippen molar-refractivity contribution in [3.05, 3.63) is 71.8 Å². The molecule has 190 valence electrons. The molecule has 0 aromatic heterocycles. The van der Waals surface area contributed by atoms with Crippen LogP contribution in [0.15, 0.2) is 60.7 Å². The molecule has 9 nitrogen and oxygen atoms in total. The molecule has 2 aromatic carbocycles. The zero-order valence-corrected chi connectivity index (χ0v) is 20.6. The van der Waals surface area contributed by atoms with E-state index in [-0.39, 0.29) is 12.6 Å². The molecule has 36 heavy (non-hydrogen) atoms. The lowest BCUT2D eigenvalue weighted by atomic mass is 10.0. The third kappa shape index (κ3) is 7.43. The Hall–Kier alpha value is -4.14.